The van der Waals surface area contributed by atoms with E-state index >= 15 is 0 Å². The summed E-state index contributed by atoms with van der Waals surface area (Å²) in [4.78, 5) is 10.4. The van der Waals surface area contributed by atoms with Crippen LogP contribution in [0.1, 0.15) is 22.3 Å². The molecule has 0 aliphatic heterocycles. The van der Waals surface area contributed by atoms with Crippen LogP contribution >= 0.6 is 0 Å². The fourth-order valence-electron chi connectivity index (χ4n) is 3.51. The molecule has 0 saturated heterocycles. The molecule has 30 heavy (non-hydrogen) atoms. The minimum absolute atomic E-state index is 0.00532. The third-order valence-corrected chi connectivity index (χ3v) is 5.10. The molecule has 0 amide bonds. The Kier molecular flexibility index (Phi) is 5.15. The van der Waals surface area contributed by atoms with Crippen molar-refractivity contribution in [3.05, 3.63) is 111 Å². The molecule has 0 aliphatic carbocycles. The van der Waals surface area contributed by atoms with Crippen molar-refractivity contribution in [3.8, 4) is 6.07 Å². The summed E-state index contributed by atoms with van der Waals surface area (Å²) >= 11 is 0. The lowest BCUT2D eigenvalue weighted by Crippen LogP contribution is -1.97. The van der Waals surface area contributed by atoms with Gasteiger partial charge in [0, 0.05) is 41.3 Å². The van der Waals surface area contributed by atoms with Crippen molar-refractivity contribution in [1.29, 1.82) is 5.26 Å². The highest BCUT2D eigenvalue weighted by Gasteiger charge is 2.11. The van der Waals surface area contributed by atoms with Gasteiger partial charge in [0.25, 0.3) is 5.69 Å². The number of nitro groups is 1. The van der Waals surface area contributed by atoms with Crippen LogP contribution in [0, 0.1) is 28.4 Å². The van der Waals surface area contributed by atoms with Crippen LogP contribution in [-0.2, 0) is 6.54 Å². The highest BCUT2D eigenvalue weighted by Crippen LogP contribution is 2.27. The maximum atomic E-state index is 10.9. The average molecular weight is 393 g/mol. The van der Waals surface area contributed by atoms with Crippen LogP contribution in [0.3, 0.4) is 0 Å². The number of nitriles is 1. The van der Waals surface area contributed by atoms with Crippen molar-refractivity contribution in [2.24, 2.45) is 0 Å². The number of nitrogens with zero attached hydrogens (tertiary/aromatic N) is 3. The molecule has 1 aromatic heterocycles. The first-order chi connectivity index (χ1) is 14.5. The van der Waals surface area contributed by atoms with Crippen molar-refractivity contribution in [1.82, 2.24) is 4.57 Å². The molecule has 1 heterocycles. The molecule has 5 heteroatoms. The Morgan fingerprint density at radius 1 is 1.07 bits per heavy atom. The first kappa shape index (κ1) is 19.2. The number of nitro benzene ring substituents is 1. The van der Waals surface area contributed by atoms with Gasteiger partial charge >= 0.3 is 0 Å². The van der Waals surface area contributed by atoms with Gasteiger partial charge in [-0.3, -0.25) is 10.1 Å². The number of aryl methyl sites for hydroxylation is 1. The smallest absolute Gasteiger partial charge is 0.269 e. The molecule has 0 unspecified atom stereocenters. The van der Waals surface area contributed by atoms with E-state index in [1.165, 1.54) is 23.3 Å². The van der Waals surface area contributed by atoms with E-state index in [1.807, 2.05) is 30.5 Å². The quantitative estimate of drug-likeness (QED) is 0.238. The normalized spacial score (nSPS) is 11.4. The Hall–Kier alpha value is -4.17. The maximum absolute atomic E-state index is 10.9. The number of non-ortho nitro benzene ring substituents is 1. The van der Waals surface area contributed by atoms with Gasteiger partial charge in [-0.1, -0.05) is 48.0 Å². The zero-order chi connectivity index (χ0) is 21.1. The lowest BCUT2D eigenvalue weighted by atomic mass is 10.0. The van der Waals surface area contributed by atoms with Crippen molar-refractivity contribution in [2.75, 3.05) is 0 Å². The SMILES string of the molecule is Cc1ccc(Cn2cc(/C=C(/C#N)c3ccc([N+](=O)[O-])cc3)c3ccccc32)cc1. The largest absolute Gasteiger partial charge is 0.342 e. The summed E-state index contributed by atoms with van der Waals surface area (Å²) in [6.45, 7) is 2.80. The molecule has 0 fully saturated rings. The number of fused-ring (bicyclic) bond motifs is 1. The topological polar surface area (TPSA) is 71.9 Å². The van der Waals surface area contributed by atoms with Gasteiger partial charge in [-0.05, 0) is 42.3 Å². The molecule has 5 nitrogen and oxygen atoms in total. The Morgan fingerprint density at radius 2 is 1.77 bits per heavy atom. The monoisotopic (exact) mass is 393 g/mol. The first-order valence-corrected chi connectivity index (χ1v) is 9.55. The summed E-state index contributed by atoms with van der Waals surface area (Å²) in [7, 11) is 0. The molecule has 0 aliphatic rings. The number of rotatable bonds is 5. The third-order valence-electron chi connectivity index (χ3n) is 5.10. The first-order valence-electron chi connectivity index (χ1n) is 9.55. The summed E-state index contributed by atoms with van der Waals surface area (Å²) in [6, 6.07) is 24.8. The van der Waals surface area contributed by atoms with Gasteiger partial charge in [-0.15, -0.1) is 0 Å². The highest BCUT2D eigenvalue weighted by molar-refractivity contribution is 5.98. The van der Waals surface area contributed by atoms with E-state index in [2.05, 4.69) is 47.9 Å². The second-order valence-corrected chi connectivity index (χ2v) is 7.19. The lowest BCUT2D eigenvalue weighted by molar-refractivity contribution is -0.384. The molecule has 4 rings (SSSR count). The maximum Gasteiger partial charge on any atom is 0.269 e. The highest BCUT2D eigenvalue weighted by atomic mass is 16.6. The molecule has 3 aromatic carbocycles. The van der Waals surface area contributed by atoms with Crippen LogP contribution in [0.4, 0.5) is 5.69 Å². The van der Waals surface area contributed by atoms with Crippen LogP contribution < -0.4 is 0 Å². The molecule has 146 valence electrons. The summed E-state index contributed by atoms with van der Waals surface area (Å²) in [5.74, 6) is 0. The predicted octanol–water partition coefficient (Wildman–Crippen LogP) is 5.97. The number of benzene rings is 3. The summed E-state index contributed by atoms with van der Waals surface area (Å²) in [5.41, 5.74) is 5.57. The van der Waals surface area contributed by atoms with Gasteiger partial charge in [0.1, 0.15) is 0 Å². The van der Waals surface area contributed by atoms with Crippen molar-refractivity contribution < 1.29 is 4.92 Å². The van der Waals surface area contributed by atoms with Gasteiger partial charge in [0.15, 0.2) is 0 Å². The van der Waals surface area contributed by atoms with Gasteiger partial charge in [0.05, 0.1) is 16.6 Å². The van der Waals surface area contributed by atoms with Gasteiger partial charge < -0.3 is 4.57 Å². The van der Waals surface area contributed by atoms with Crippen LogP contribution in [0.2, 0.25) is 0 Å². The summed E-state index contributed by atoms with van der Waals surface area (Å²) in [5, 5.41) is 21.6. The molecule has 4 aromatic rings. The second kappa shape index (κ2) is 8.06. The Balaban J connectivity index is 1.75. The van der Waals surface area contributed by atoms with Crippen molar-refractivity contribution in [3.63, 3.8) is 0 Å². The number of allylic oxidation sites excluding steroid dienone is 1. The minimum Gasteiger partial charge on any atom is -0.342 e. The van der Waals surface area contributed by atoms with E-state index in [4.69, 9.17) is 0 Å². The number of aromatic nitrogens is 1. The summed E-state index contributed by atoms with van der Waals surface area (Å²) in [6.07, 6.45) is 3.89. The van der Waals surface area contributed by atoms with E-state index < -0.39 is 4.92 Å². The van der Waals surface area contributed by atoms with Gasteiger partial charge in [0.2, 0.25) is 0 Å². The molecular weight excluding hydrogens is 374 g/mol. The van der Waals surface area contributed by atoms with E-state index in [0.29, 0.717) is 11.1 Å². The second-order valence-electron chi connectivity index (χ2n) is 7.19. The van der Waals surface area contributed by atoms with E-state index in [0.717, 1.165) is 23.0 Å². The van der Waals surface area contributed by atoms with Crippen LogP contribution in [-0.4, -0.2) is 9.49 Å². The number of hydrogen-bond donors (Lipinski definition) is 0. The zero-order valence-electron chi connectivity index (χ0n) is 16.4. The van der Waals surface area contributed by atoms with Crippen LogP contribution in [0.15, 0.2) is 79.0 Å². The molecule has 0 N–H and O–H groups in total. The van der Waals surface area contributed by atoms with Gasteiger partial charge in [-0.2, -0.15) is 5.26 Å². The molecule has 0 radical (unpaired) electrons. The predicted molar refractivity (Wildman–Crippen MR) is 119 cm³/mol. The van der Waals surface area contributed by atoms with E-state index in [9.17, 15) is 15.4 Å². The zero-order valence-corrected chi connectivity index (χ0v) is 16.4. The molecule has 0 atom stereocenters. The van der Waals surface area contributed by atoms with Crippen LogP contribution in [0.5, 0.6) is 0 Å². The summed E-state index contributed by atoms with van der Waals surface area (Å²) < 4.78 is 2.18. The lowest BCUT2D eigenvalue weighted by Gasteiger charge is -2.06. The molecular formula is C25H19N3O2. The molecule has 0 saturated carbocycles. The number of hydrogen-bond acceptors (Lipinski definition) is 3. The van der Waals surface area contributed by atoms with E-state index in [1.54, 1.807) is 12.1 Å². The Labute approximate surface area is 174 Å². The standard InChI is InChI=1S/C25H19N3O2/c1-18-6-8-19(9-7-18)16-27-17-22(24-4-2-3-5-25(24)27)14-21(15-26)20-10-12-23(13-11-20)28(29)30/h2-14,17H,16H2,1H3/b21-14-. The molecule has 0 spiro atoms. The average Bonchev–Trinajstić information content (AvgIpc) is 3.11. The van der Waals surface area contributed by atoms with Crippen molar-refractivity contribution >= 4 is 28.2 Å². The van der Waals surface area contributed by atoms with Crippen LogP contribution in [0.25, 0.3) is 22.6 Å². The van der Waals surface area contributed by atoms with E-state index in [-0.39, 0.29) is 5.69 Å². The van der Waals surface area contributed by atoms with Crippen molar-refractivity contribution in [2.45, 2.75) is 13.5 Å². The van der Waals surface area contributed by atoms with Gasteiger partial charge in [-0.25, -0.2) is 0 Å². The fraction of sp³-hybridized carbons (Fsp3) is 0.0800. The number of para-hydroxylation sites is 1. The Bertz CT molecular complexity index is 1290. The Morgan fingerprint density at radius 3 is 2.43 bits per heavy atom. The minimum atomic E-state index is -0.446. The third kappa shape index (κ3) is 3.85. The fourth-order valence-corrected chi connectivity index (χ4v) is 3.51. The molecule has 0 bridgehead atoms.